The Bertz CT molecular complexity index is 796. The van der Waals surface area contributed by atoms with E-state index in [-0.39, 0.29) is 18.4 Å². The number of carbonyl (C=O) groups is 2. The third-order valence-electron chi connectivity index (χ3n) is 4.93. The number of anilines is 1. The average Bonchev–Trinajstić information content (AvgIpc) is 3.41. The highest BCUT2D eigenvalue weighted by atomic mass is 32.1. The summed E-state index contributed by atoms with van der Waals surface area (Å²) in [7, 11) is 0. The van der Waals surface area contributed by atoms with Crippen LogP contribution in [0.1, 0.15) is 59.8 Å². The van der Waals surface area contributed by atoms with E-state index in [0.717, 1.165) is 24.1 Å². The zero-order valence-electron chi connectivity index (χ0n) is 16.7. The lowest BCUT2D eigenvalue weighted by molar-refractivity contribution is -0.116. The number of aryl methyl sites for hydroxylation is 2. The average molecular weight is 400 g/mol. The van der Waals surface area contributed by atoms with E-state index >= 15 is 0 Å². The van der Waals surface area contributed by atoms with Gasteiger partial charge in [-0.2, -0.15) is 0 Å². The van der Waals surface area contributed by atoms with Crippen molar-refractivity contribution >= 4 is 28.3 Å². The summed E-state index contributed by atoms with van der Waals surface area (Å²) in [4.78, 5) is 32.3. The number of nitrogens with zero attached hydrogens (tertiary/aromatic N) is 2. The number of unbranched alkanes of at least 4 members (excludes halogenated alkanes) is 2. The van der Waals surface area contributed by atoms with Crippen molar-refractivity contribution in [2.24, 2.45) is 5.92 Å². The van der Waals surface area contributed by atoms with Gasteiger partial charge in [0.1, 0.15) is 6.54 Å². The van der Waals surface area contributed by atoms with Gasteiger partial charge in [-0.05, 0) is 56.2 Å². The molecule has 3 rings (SSSR count). The highest BCUT2D eigenvalue weighted by Gasteiger charge is 2.28. The van der Waals surface area contributed by atoms with Crippen molar-refractivity contribution in [2.45, 2.75) is 52.4 Å². The highest BCUT2D eigenvalue weighted by Crippen LogP contribution is 2.30. The summed E-state index contributed by atoms with van der Waals surface area (Å²) in [6.45, 7) is 4.85. The summed E-state index contributed by atoms with van der Waals surface area (Å²) >= 11 is 1.44. The Morgan fingerprint density at radius 3 is 2.57 bits per heavy atom. The molecule has 0 aliphatic heterocycles. The van der Waals surface area contributed by atoms with Gasteiger partial charge in [-0.3, -0.25) is 9.59 Å². The van der Waals surface area contributed by atoms with E-state index in [0.29, 0.717) is 23.2 Å². The molecule has 0 spiro atoms. The highest BCUT2D eigenvalue weighted by molar-refractivity contribution is 7.15. The number of nitrogens with one attached hydrogen (secondary N) is 1. The lowest BCUT2D eigenvalue weighted by Crippen LogP contribution is -2.39. The van der Waals surface area contributed by atoms with Gasteiger partial charge >= 0.3 is 0 Å². The Hall–Kier alpha value is -2.21. The minimum atomic E-state index is -0.195. The van der Waals surface area contributed by atoms with Crippen LogP contribution in [0, 0.1) is 12.8 Å². The van der Waals surface area contributed by atoms with E-state index in [9.17, 15) is 9.59 Å². The molecule has 0 atom stereocenters. The maximum Gasteiger partial charge on any atom is 0.254 e. The fraction of sp³-hybridized carbons (Fsp3) is 0.500. The van der Waals surface area contributed by atoms with Crippen LogP contribution in [0.2, 0.25) is 0 Å². The molecule has 1 heterocycles. The maximum atomic E-state index is 13.0. The van der Waals surface area contributed by atoms with Crippen LogP contribution in [0.3, 0.4) is 0 Å². The van der Waals surface area contributed by atoms with Crippen molar-refractivity contribution in [3.05, 3.63) is 46.5 Å². The molecule has 5 nitrogen and oxygen atoms in total. The van der Waals surface area contributed by atoms with Crippen molar-refractivity contribution in [3.63, 3.8) is 0 Å². The molecule has 1 N–H and O–H groups in total. The van der Waals surface area contributed by atoms with E-state index in [1.807, 2.05) is 31.2 Å². The van der Waals surface area contributed by atoms with E-state index < -0.39 is 0 Å². The summed E-state index contributed by atoms with van der Waals surface area (Å²) < 4.78 is 0. The van der Waals surface area contributed by atoms with Crippen molar-refractivity contribution < 1.29 is 9.59 Å². The summed E-state index contributed by atoms with van der Waals surface area (Å²) in [6.07, 6.45) is 8.65. The fourth-order valence-corrected chi connectivity index (χ4v) is 3.83. The molecule has 28 heavy (non-hydrogen) atoms. The Morgan fingerprint density at radius 2 is 1.96 bits per heavy atom. The molecule has 2 amide bonds. The van der Waals surface area contributed by atoms with Crippen molar-refractivity contribution in [2.75, 3.05) is 18.4 Å². The second-order valence-electron chi connectivity index (χ2n) is 7.61. The minimum absolute atomic E-state index is 0.0617. The van der Waals surface area contributed by atoms with Crippen molar-refractivity contribution in [3.8, 4) is 0 Å². The Kier molecular flexibility index (Phi) is 7.20. The van der Waals surface area contributed by atoms with Crippen LogP contribution < -0.4 is 5.32 Å². The van der Waals surface area contributed by atoms with E-state index in [4.69, 9.17) is 0 Å². The van der Waals surface area contributed by atoms with Crippen LogP contribution in [0.4, 0.5) is 5.13 Å². The quantitative estimate of drug-likeness (QED) is 0.590. The lowest BCUT2D eigenvalue weighted by Gasteiger charge is -2.22. The van der Waals surface area contributed by atoms with Gasteiger partial charge in [0.25, 0.3) is 5.91 Å². The predicted octanol–water partition coefficient (Wildman–Crippen LogP) is 4.68. The second-order valence-corrected chi connectivity index (χ2v) is 8.84. The molecule has 1 aliphatic carbocycles. The first-order valence-corrected chi connectivity index (χ1v) is 11.0. The normalized spacial score (nSPS) is 13.4. The molecule has 1 aromatic heterocycles. The molecular weight excluding hydrogens is 370 g/mol. The van der Waals surface area contributed by atoms with Crippen LogP contribution in [0.25, 0.3) is 0 Å². The molecule has 150 valence electrons. The van der Waals surface area contributed by atoms with E-state index in [1.54, 1.807) is 11.1 Å². The molecule has 1 aliphatic rings. The molecule has 0 unspecified atom stereocenters. The van der Waals surface area contributed by atoms with Gasteiger partial charge in [-0.25, -0.2) is 4.98 Å². The van der Waals surface area contributed by atoms with Crippen LogP contribution >= 0.6 is 11.3 Å². The summed E-state index contributed by atoms with van der Waals surface area (Å²) in [5.41, 5.74) is 1.91. The van der Waals surface area contributed by atoms with E-state index in [1.165, 1.54) is 36.2 Å². The third kappa shape index (κ3) is 6.16. The smallest absolute Gasteiger partial charge is 0.254 e. The predicted molar refractivity (Wildman–Crippen MR) is 114 cm³/mol. The number of amides is 2. The van der Waals surface area contributed by atoms with Gasteiger partial charge in [0.2, 0.25) is 5.91 Å². The summed E-state index contributed by atoms with van der Waals surface area (Å²) in [6, 6.07) is 7.87. The standard InChI is InChI=1S/C22H29N3O2S/c1-3-4-5-6-17-9-11-19(12-10-17)21(27)25(14-18-7-8-18)15-20(26)24-22-23-13-16(2)28-22/h9-13,18H,3-8,14-15H2,1-2H3,(H,23,24,26). The van der Waals surface area contributed by atoms with Crippen LogP contribution in [-0.2, 0) is 11.2 Å². The van der Waals surface area contributed by atoms with Crippen molar-refractivity contribution in [1.29, 1.82) is 0 Å². The molecule has 2 aromatic rings. The van der Waals surface area contributed by atoms with E-state index in [2.05, 4.69) is 17.2 Å². The molecule has 1 fully saturated rings. The summed E-state index contributed by atoms with van der Waals surface area (Å²) in [5, 5.41) is 3.39. The number of thiazole rings is 1. The Balaban J connectivity index is 1.61. The van der Waals surface area contributed by atoms with Crippen LogP contribution in [0.15, 0.2) is 30.5 Å². The number of rotatable bonds is 10. The second kappa shape index (κ2) is 9.82. The SMILES string of the molecule is CCCCCc1ccc(C(=O)N(CC(=O)Nc2ncc(C)s2)CC2CC2)cc1. The first kappa shape index (κ1) is 20.5. The van der Waals surface area contributed by atoms with Gasteiger partial charge < -0.3 is 10.2 Å². The lowest BCUT2D eigenvalue weighted by atomic mass is 10.0. The number of aromatic nitrogens is 1. The molecule has 1 saturated carbocycles. The van der Waals surface area contributed by atoms with Crippen LogP contribution in [-0.4, -0.2) is 34.8 Å². The Labute approximate surface area is 171 Å². The van der Waals surface area contributed by atoms with Gasteiger partial charge in [-0.15, -0.1) is 11.3 Å². The van der Waals surface area contributed by atoms with Gasteiger partial charge in [0, 0.05) is 23.2 Å². The fourth-order valence-electron chi connectivity index (χ4n) is 3.15. The number of carbonyl (C=O) groups excluding carboxylic acids is 2. The molecule has 0 bridgehead atoms. The molecule has 0 saturated heterocycles. The van der Waals surface area contributed by atoms with Crippen molar-refractivity contribution in [1.82, 2.24) is 9.88 Å². The molecule has 0 radical (unpaired) electrons. The first-order valence-electron chi connectivity index (χ1n) is 10.2. The summed E-state index contributed by atoms with van der Waals surface area (Å²) in [5.74, 6) is 0.254. The Morgan fingerprint density at radius 1 is 1.21 bits per heavy atom. The third-order valence-corrected chi connectivity index (χ3v) is 5.76. The number of hydrogen-bond acceptors (Lipinski definition) is 4. The topological polar surface area (TPSA) is 62.3 Å². The number of hydrogen-bond donors (Lipinski definition) is 1. The number of benzene rings is 1. The molecular formula is C22H29N3O2S. The van der Waals surface area contributed by atoms with Gasteiger partial charge in [0.15, 0.2) is 5.13 Å². The zero-order chi connectivity index (χ0) is 19.9. The largest absolute Gasteiger partial charge is 0.329 e. The maximum absolute atomic E-state index is 13.0. The van der Waals surface area contributed by atoms with Gasteiger partial charge in [0.05, 0.1) is 0 Å². The van der Waals surface area contributed by atoms with Crippen LogP contribution in [0.5, 0.6) is 0 Å². The molecule has 1 aromatic carbocycles. The monoisotopic (exact) mass is 399 g/mol. The zero-order valence-corrected chi connectivity index (χ0v) is 17.6. The molecule has 6 heteroatoms. The first-order chi connectivity index (χ1) is 13.5. The minimum Gasteiger partial charge on any atom is -0.329 e. The van der Waals surface area contributed by atoms with Gasteiger partial charge in [-0.1, -0.05) is 31.9 Å².